The smallest absolute Gasteiger partial charge is 0.407 e. The number of hydrogen-bond acceptors (Lipinski definition) is 3. The lowest BCUT2D eigenvalue weighted by Crippen LogP contribution is -2.39. The fourth-order valence-electron chi connectivity index (χ4n) is 2.31. The maximum absolute atomic E-state index is 11.3. The summed E-state index contributed by atoms with van der Waals surface area (Å²) in [5, 5.41) is 8.83. The first-order valence-electron chi connectivity index (χ1n) is 6.18. The van der Waals surface area contributed by atoms with Crippen LogP contribution < -0.4 is 0 Å². The van der Waals surface area contributed by atoms with Crippen molar-refractivity contribution < 1.29 is 19.4 Å². The van der Waals surface area contributed by atoms with Crippen molar-refractivity contribution in [3.63, 3.8) is 0 Å². The molecule has 0 aromatic heterocycles. The van der Waals surface area contributed by atoms with E-state index in [1.807, 2.05) is 6.92 Å². The van der Waals surface area contributed by atoms with Crippen LogP contribution in [-0.2, 0) is 9.53 Å². The Hall–Kier alpha value is -1.26. The molecule has 1 N–H and O–H groups in total. The largest absolute Gasteiger partial charge is 0.466 e. The van der Waals surface area contributed by atoms with Crippen molar-refractivity contribution in [2.75, 3.05) is 19.7 Å². The quantitative estimate of drug-likeness (QED) is 0.766. The number of carboxylic acid groups (broad SMARTS) is 1. The van der Waals surface area contributed by atoms with E-state index < -0.39 is 6.09 Å². The van der Waals surface area contributed by atoms with Crippen molar-refractivity contribution in [3.8, 4) is 0 Å². The van der Waals surface area contributed by atoms with Crippen molar-refractivity contribution in [2.24, 2.45) is 11.8 Å². The molecule has 1 amide bonds. The SMILES string of the molecule is CCOC(=O)C[C@H](C)C1CCN(C(=O)O)CC1. The predicted molar refractivity (Wildman–Crippen MR) is 62.7 cm³/mol. The Kier molecular flexibility index (Phi) is 5.25. The molecule has 0 spiro atoms. The number of amides is 1. The number of likely N-dealkylation sites (tertiary alicyclic amines) is 1. The van der Waals surface area contributed by atoms with Gasteiger partial charge in [-0.1, -0.05) is 6.92 Å². The van der Waals surface area contributed by atoms with Gasteiger partial charge >= 0.3 is 12.1 Å². The van der Waals surface area contributed by atoms with Crippen molar-refractivity contribution >= 4 is 12.1 Å². The molecule has 0 saturated carbocycles. The summed E-state index contributed by atoms with van der Waals surface area (Å²) in [5.41, 5.74) is 0. The van der Waals surface area contributed by atoms with Gasteiger partial charge in [-0.05, 0) is 31.6 Å². The molecular weight excluding hydrogens is 222 g/mol. The van der Waals surface area contributed by atoms with Gasteiger partial charge < -0.3 is 14.7 Å². The number of carbonyl (C=O) groups is 2. The summed E-state index contributed by atoms with van der Waals surface area (Å²) >= 11 is 0. The molecule has 98 valence electrons. The molecule has 1 saturated heterocycles. The van der Waals surface area contributed by atoms with Crippen LogP contribution >= 0.6 is 0 Å². The molecule has 1 rings (SSSR count). The molecule has 1 heterocycles. The van der Waals surface area contributed by atoms with Crippen molar-refractivity contribution in [2.45, 2.75) is 33.1 Å². The Bertz CT molecular complexity index is 272. The Morgan fingerprint density at radius 1 is 1.41 bits per heavy atom. The number of hydrogen-bond donors (Lipinski definition) is 1. The fraction of sp³-hybridized carbons (Fsp3) is 0.833. The van der Waals surface area contributed by atoms with Crippen LogP contribution in [0.25, 0.3) is 0 Å². The lowest BCUT2D eigenvalue weighted by molar-refractivity contribution is -0.144. The topological polar surface area (TPSA) is 66.8 Å². The predicted octanol–water partition coefficient (Wildman–Crippen LogP) is 1.97. The third kappa shape index (κ3) is 4.24. The van der Waals surface area contributed by atoms with Crippen LogP contribution in [0.2, 0.25) is 0 Å². The molecule has 5 heteroatoms. The zero-order chi connectivity index (χ0) is 12.8. The van der Waals surface area contributed by atoms with E-state index in [4.69, 9.17) is 9.84 Å². The minimum absolute atomic E-state index is 0.152. The minimum Gasteiger partial charge on any atom is -0.466 e. The number of ether oxygens (including phenoxy) is 1. The lowest BCUT2D eigenvalue weighted by atomic mass is 9.84. The molecule has 1 atom stereocenters. The second kappa shape index (κ2) is 6.47. The van der Waals surface area contributed by atoms with Gasteiger partial charge in [-0.3, -0.25) is 4.79 Å². The first-order valence-corrected chi connectivity index (χ1v) is 6.18. The van der Waals surface area contributed by atoms with Gasteiger partial charge in [-0.2, -0.15) is 0 Å². The van der Waals surface area contributed by atoms with Crippen molar-refractivity contribution in [1.82, 2.24) is 4.90 Å². The summed E-state index contributed by atoms with van der Waals surface area (Å²) in [4.78, 5) is 23.5. The van der Waals surface area contributed by atoms with Gasteiger partial charge in [0.25, 0.3) is 0 Å². The average molecular weight is 243 g/mol. The average Bonchev–Trinajstić information content (AvgIpc) is 2.29. The van der Waals surface area contributed by atoms with Crippen LogP contribution in [0.1, 0.15) is 33.1 Å². The molecule has 0 aliphatic carbocycles. The summed E-state index contributed by atoms with van der Waals surface area (Å²) in [6, 6.07) is 0. The first-order chi connectivity index (χ1) is 8.04. The van der Waals surface area contributed by atoms with E-state index in [9.17, 15) is 9.59 Å². The summed E-state index contributed by atoms with van der Waals surface area (Å²) < 4.78 is 4.92. The second-order valence-corrected chi connectivity index (χ2v) is 4.59. The Morgan fingerprint density at radius 3 is 2.47 bits per heavy atom. The van der Waals surface area contributed by atoms with E-state index in [0.717, 1.165) is 12.8 Å². The van der Waals surface area contributed by atoms with Gasteiger partial charge in [0.05, 0.1) is 6.61 Å². The Morgan fingerprint density at radius 2 is 2.00 bits per heavy atom. The van der Waals surface area contributed by atoms with Gasteiger partial charge in [0.2, 0.25) is 0 Å². The van der Waals surface area contributed by atoms with Crippen LogP contribution in [0.3, 0.4) is 0 Å². The van der Waals surface area contributed by atoms with E-state index in [2.05, 4.69) is 0 Å². The number of piperidine rings is 1. The van der Waals surface area contributed by atoms with Crippen LogP contribution in [0.4, 0.5) is 4.79 Å². The number of rotatable bonds is 4. The van der Waals surface area contributed by atoms with Gasteiger partial charge in [-0.25, -0.2) is 4.79 Å². The molecular formula is C12H21NO4. The lowest BCUT2D eigenvalue weighted by Gasteiger charge is -2.33. The third-order valence-corrected chi connectivity index (χ3v) is 3.41. The number of esters is 1. The van der Waals surface area contributed by atoms with E-state index in [1.165, 1.54) is 4.90 Å². The van der Waals surface area contributed by atoms with Crippen LogP contribution in [0.15, 0.2) is 0 Å². The van der Waals surface area contributed by atoms with Gasteiger partial charge in [0.1, 0.15) is 0 Å². The molecule has 0 aromatic rings. The summed E-state index contributed by atoms with van der Waals surface area (Å²) in [6.07, 6.45) is 1.27. The summed E-state index contributed by atoms with van der Waals surface area (Å²) in [7, 11) is 0. The normalized spacial score (nSPS) is 18.8. The zero-order valence-electron chi connectivity index (χ0n) is 10.5. The highest BCUT2D eigenvalue weighted by atomic mass is 16.5. The van der Waals surface area contributed by atoms with Gasteiger partial charge in [-0.15, -0.1) is 0 Å². The molecule has 0 radical (unpaired) electrons. The molecule has 0 unspecified atom stereocenters. The highest BCUT2D eigenvalue weighted by Gasteiger charge is 2.27. The maximum Gasteiger partial charge on any atom is 0.407 e. The maximum atomic E-state index is 11.3. The molecule has 0 bridgehead atoms. The van der Waals surface area contributed by atoms with Crippen molar-refractivity contribution in [1.29, 1.82) is 0 Å². The number of nitrogens with zero attached hydrogens (tertiary/aromatic N) is 1. The second-order valence-electron chi connectivity index (χ2n) is 4.59. The van der Waals surface area contributed by atoms with E-state index in [1.54, 1.807) is 6.92 Å². The zero-order valence-corrected chi connectivity index (χ0v) is 10.5. The van der Waals surface area contributed by atoms with Crippen LogP contribution in [-0.4, -0.2) is 41.8 Å². The monoisotopic (exact) mass is 243 g/mol. The highest BCUT2D eigenvalue weighted by molar-refractivity contribution is 5.69. The Balaban J connectivity index is 2.33. The summed E-state index contributed by atoms with van der Waals surface area (Å²) in [6.45, 7) is 5.41. The minimum atomic E-state index is -0.846. The first kappa shape index (κ1) is 13.8. The van der Waals surface area contributed by atoms with E-state index in [0.29, 0.717) is 32.0 Å². The molecule has 17 heavy (non-hydrogen) atoms. The fourth-order valence-corrected chi connectivity index (χ4v) is 2.31. The molecule has 1 aliphatic rings. The van der Waals surface area contributed by atoms with Crippen LogP contribution in [0.5, 0.6) is 0 Å². The van der Waals surface area contributed by atoms with Gasteiger partial charge in [0.15, 0.2) is 0 Å². The van der Waals surface area contributed by atoms with Gasteiger partial charge in [0, 0.05) is 19.5 Å². The molecule has 0 aromatic carbocycles. The molecule has 5 nitrogen and oxygen atoms in total. The highest BCUT2D eigenvalue weighted by Crippen LogP contribution is 2.27. The van der Waals surface area contributed by atoms with E-state index >= 15 is 0 Å². The molecule has 1 fully saturated rings. The number of carbonyl (C=O) groups excluding carboxylic acids is 1. The third-order valence-electron chi connectivity index (χ3n) is 3.41. The molecule has 1 aliphatic heterocycles. The van der Waals surface area contributed by atoms with E-state index in [-0.39, 0.29) is 11.9 Å². The van der Waals surface area contributed by atoms with Crippen LogP contribution in [0, 0.1) is 11.8 Å². The summed E-state index contributed by atoms with van der Waals surface area (Å²) in [5.74, 6) is 0.542. The Labute approximate surface area is 102 Å². The standard InChI is InChI=1S/C12H21NO4/c1-3-17-11(14)8-9(2)10-4-6-13(7-5-10)12(15)16/h9-10H,3-8H2,1-2H3,(H,15,16)/t9-/m0/s1. The van der Waals surface area contributed by atoms with Crippen molar-refractivity contribution in [3.05, 3.63) is 0 Å².